The second kappa shape index (κ2) is 4.84. The minimum Gasteiger partial charge on any atom is -0.328 e. The topological polar surface area (TPSA) is 71.3 Å². The van der Waals surface area contributed by atoms with E-state index in [1.165, 1.54) is 6.33 Å². The normalized spacial score (nSPS) is 27.8. The van der Waals surface area contributed by atoms with Crippen molar-refractivity contribution in [1.82, 2.24) is 19.5 Å². The standard InChI is InChI=1S/C12H16N4O3/c1-3-17-12(2)18-5-9(6-19-12)16-8-15-10-4-13-7-14-11(10)16/h4,7-9H,3,5-6H2,1-2H3. The predicted octanol–water partition coefficient (Wildman–Crippen LogP) is 1.12. The Hall–Kier alpha value is -1.57. The Bertz CT molecular complexity index is 563. The predicted molar refractivity (Wildman–Crippen MR) is 66.3 cm³/mol. The van der Waals surface area contributed by atoms with Gasteiger partial charge in [-0.2, -0.15) is 0 Å². The molecule has 0 amide bonds. The second-order valence-corrected chi connectivity index (χ2v) is 4.45. The zero-order valence-corrected chi connectivity index (χ0v) is 10.9. The van der Waals surface area contributed by atoms with Gasteiger partial charge in [0.2, 0.25) is 0 Å². The van der Waals surface area contributed by atoms with Crippen LogP contribution in [0.5, 0.6) is 0 Å². The van der Waals surface area contributed by atoms with Crippen molar-refractivity contribution in [3.05, 3.63) is 18.9 Å². The molecule has 0 unspecified atom stereocenters. The molecule has 2 aromatic heterocycles. The van der Waals surface area contributed by atoms with Gasteiger partial charge in [-0.15, -0.1) is 0 Å². The van der Waals surface area contributed by atoms with Crippen LogP contribution in [0.2, 0.25) is 0 Å². The van der Waals surface area contributed by atoms with Crippen LogP contribution in [0, 0.1) is 0 Å². The summed E-state index contributed by atoms with van der Waals surface area (Å²) >= 11 is 0. The van der Waals surface area contributed by atoms with Gasteiger partial charge >= 0.3 is 0 Å². The van der Waals surface area contributed by atoms with Crippen molar-refractivity contribution < 1.29 is 14.2 Å². The molecular weight excluding hydrogens is 248 g/mol. The zero-order valence-electron chi connectivity index (χ0n) is 10.9. The van der Waals surface area contributed by atoms with Gasteiger partial charge in [0.25, 0.3) is 5.97 Å². The van der Waals surface area contributed by atoms with Crippen molar-refractivity contribution in [2.75, 3.05) is 19.8 Å². The SMILES string of the molecule is CCOC1(C)OCC(n2cnc3cncnc32)CO1. The highest BCUT2D eigenvalue weighted by molar-refractivity contribution is 5.69. The third kappa shape index (κ3) is 2.32. The smallest absolute Gasteiger partial charge is 0.280 e. The first kappa shape index (κ1) is 12.5. The molecule has 0 N–H and O–H groups in total. The van der Waals surface area contributed by atoms with E-state index in [4.69, 9.17) is 14.2 Å². The van der Waals surface area contributed by atoms with Gasteiger partial charge in [-0.1, -0.05) is 0 Å². The number of hydrogen-bond donors (Lipinski definition) is 0. The van der Waals surface area contributed by atoms with Crippen molar-refractivity contribution in [3.63, 3.8) is 0 Å². The molecule has 0 saturated carbocycles. The number of nitrogens with zero attached hydrogens (tertiary/aromatic N) is 4. The first-order chi connectivity index (χ1) is 9.22. The third-order valence-electron chi connectivity index (χ3n) is 3.11. The van der Waals surface area contributed by atoms with Crippen LogP contribution in [0.4, 0.5) is 0 Å². The van der Waals surface area contributed by atoms with E-state index < -0.39 is 5.97 Å². The summed E-state index contributed by atoms with van der Waals surface area (Å²) in [7, 11) is 0. The average Bonchev–Trinajstić information content (AvgIpc) is 2.84. The monoisotopic (exact) mass is 264 g/mol. The second-order valence-electron chi connectivity index (χ2n) is 4.45. The number of ether oxygens (including phenoxy) is 3. The molecule has 7 nitrogen and oxygen atoms in total. The largest absolute Gasteiger partial charge is 0.328 e. The zero-order chi connectivity index (χ0) is 13.3. The first-order valence-corrected chi connectivity index (χ1v) is 6.26. The number of imidazole rings is 1. The minimum atomic E-state index is -0.948. The van der Waals surface area contributed by atoms with Crippen LogP contribution in [0.25, 0.3) is 11.2 Å². The molecule has 0 radical (unpaired) electrons. The molecule has 0 bridgehead atoms. The lowest BCUT2D eigenvalue weighted by atomic mass is 10.3. The molecule has 7 heteroatoms. The van der Waals surface area contributed by atoms with Crippen molar-refractivity contribution in [1.29, 1.82) is 0 Å². The molecule has 0 aromatic carbocycles. The summed E-state index contributed by atoms with van der Waals surface area (Å²) in [5, 5.41) is 0. The number of fused-ring (bicyclic) bond motifs is 1. The van der Waals surface area contributed by atoms with Gasteiger partial charge in [-0.25, -0.2) is 15.0 Å². The molecule has 0 atom stereocenters. The molecule has 0 aliphatic carbocycles. The Labute approximate surface area is 110 Å². The maximum atomic E-state index is 5.65. The number of hydrogen-bond acceptors (Lipinski definition) is 6. The molecule has 1 aliphatic rings. The summed E-state index contributed by atoms with van der Waals surface area (Å²) in [6, 6.07) is 0.0356. The fourth-order valence-corrected chi connectivity index (χ4v) is 2.14. The Balaban J connectivity index is 1.78. The molecule has 2 aromatic rings. The lowest BCUT2D eigenvalue weighted by molar-refractivity contribution is -0.394. The van der Waals surface area contributed by atoms with E-state index in [1.807, 2.05) is 11.5 Å². The van der Waals surface area contributed by atoms with Gasteiger partial charge in [0.05, 0.1) is 31.8 Å². The van der Waals surface area contributed by atoms with E-state index >= 15 is 0 Å². The van der Waals surface area contributed by atoms with Crippen LogP contribution in [0.3, 0.4) is 0 Å². The summed E-state index contributed by atoms with van der Waals surface area (Å²) in [5.74, 6) is -0.948. The van der Waals surface area contributed by atoms with Gasteiger partial charge in [0.1, 0.15) is 11.8 Å². The highest BCUT2D eigenvalue weighted by atomic mass is 16.9. The quantitative estimate of drug-likeness (QED) is 0.827. The van der Waals surface area contributed by atoms with Gasteiger partial charge in [0, 0.05) is 13.5 Å². The molecule has 1 saturated heterocycles. The molecule has 3 rings (SSSR count). The van der Waals surface area contributed by atoms with E-state index in [2.05, 4.69) is 15.0 Å². The Morgan fingerprint density at radius 2 is 2.21 bits per heavy atom. The fourth-order valence-electron chi connectivity index (χ4n) is 2.14. The molecule has 1 aliphatic heterocycles. The fraction of sp³-hybridized carbons (Fsp3) is 0.583. The summed E-state index contributed by atoms with van der Waals surface area (Å²) in [6.07, 6.45) is 4.93. The Morgan fingerprint density at radius 3 is 2.95 bits per heavy atom. The maximum absolute atomic E-state index is 5.65. The van der Waals surface area contributed by atoms with E-state index in [9.17, 15) is 0 Å². The highest BCUT2D eigenvalue weighted by Crippen LogP contribution is 2.26. The van der Waals surface area contributed by atoms with Crippen LogP contribution in [-0.4, -0.2) is 45.3 Å². The van der Waals surface area contributed by atoms with Crippen molar-refractivity contribution in [2.24, 2.45) is 0 Å². The lowest BCUT2D eigenvalue weighted by Gasteiger charge is -2.37. The van der Waals surface area contributed by atoms with Gasteiger partial charge in [-0.05, 0) is 6.92 Å². The molecule has 0 spiro atoms. The minimum absolute atomic E-state index is 0.0356. The summed E-state index contributed by atoms with van der Waals surface area (Å²) in [4.78, 5) is 12.4. The highest BCUT2D eigenvalue weighted by Gasteiger charge is 2.34. The van der Waals surface area contributed by atoms with Crippen LogP contribution in [0.1, 0.15) is 19.9 Å². The van der Waals surface area contributed by atoms with Gasteiger partial charge in [-0.3, -0.25) is 0 Å². The first-order valence-electron chi connectivity index (χ1n) is 6.26. The van der Waals surface area contributed by atoms with Crippen LogP contribution >= 0.6 is 0 Å². The van der Waals surface area contributed by atoms with Crippen LogP contribution < -0.4 is 0 Å². The van der Waals surface area contributed by atoms with Crippen molar-refractivity contribution in [3.8, 4) is 0 Å². The number of aromatic nitrogens is 4. The average molecular weight is 264 g/mol. The molecular formula is C12H16N4O3. The summed E-state index contributed by atoms with van der Waals surface area (Å²) in [5.41, 5.74) is 1.55. The van der Waals surface area contributed by atoms with Gasteiger partial charge < -0.3 is 18.8 Å². The summed E-state index contributed by atoms with van der Waals surface area (Å²) < 4.78 is 18.7. The maximum Gasteiger partial charge on any atom is 0.280 e. The van der Waals surface area contributed by atoms with E-state index in [0.717, 1.165) is 11.2 Å². The Morgan fingerprint density at radius 1 is 1.42 bits per heavy atom. The Kier molecular flexibility index (Phi) is 3.17. The lowest BCUT2D eigenvalue weighted by Crippen LogP contribution is -2.44. The van der Waals surface area contributed by atoms with E-state index in [1.54, 1.807) is 19.4 Å². The van der Waals surface area contributed by atoms with Crippen molar-refractivity contribution >= 4 is 11.2 Å². The third-order valence-corrected chi connectivity index (χ3v) is 3.11. The number of rotatable bonds is 3. The molecule has 102 valence electrons. The molecule has 1 fully saturated rings. The van der Waals surface area contributed by atoms with Gasteiger partial charge in [0.15, 0.2) is 5.65 Å². The van der Waals surface area contributed by atoms with E-state index in [0.29, 0.717) is 19.8 Å². The van der Waals surface area contributed by atoms with E-state index in [-0.39, 0.29) is 6.04 Å². The van der Waals surface area contributed by atoms with Crippen LogP contribution in [-0.2, 0) is 14.2 Å². The molecule has 3 heterocycles. The van der Waals surface area contributed by atoms with Crippen LogP contribution in [0.15, 0.2) is 18.9 Å². The molecule has 19 heavy (non-hydrogen) atoms. The summed E-state index contributed by atoms with van der Waals surface area (Å²) in [6.45, 7) is 5.21. The van der Waals surface area contributed by atoms with Crippen molar-refractivity contribution in [2.45, 2.75) is 25.9 Å².